The number of fused-ring (bicyclic) bond motifs is 3. The van der Waals surface area contributed by atoms with Crippen molar-refractivity contribution in [3.8, 4) is 0 Å². The maximum atomic E-state index is 2.32. The highest BCUT2D eigenvalue weighted by Gasteiger charge is 2.13. The van der Waals surface area contributed by atoms with Gasteiger partial charge in [0.15, 0.2) is 0 Å². The van der Waals surface area contributed by atoms with Crippen molar-refractivity contribution in [2.45, 2.75) is 30.8 Å². The Morgan fingerprint density at radius 3 is 1.30 bits per heavy atom. The van der Waals surface area contributed by atoms with Crippen molar-refractivity contribution in [1.82, 2.24) is 0 Å². The molecule has 23 heavy (non-hydrogen) atoms. The van der Waals surface area contributed by atoms with E-state index < -0.39 is 0 Å². The first-order valence-electron chi connectivity index (χ1n) is 8.52. The van der Waals surface area contributed by atoms with Gasteiger partial charge in [0.05, 0.1) is 0 Å². The molecule has 0 fully saturated rings. The molecule has 0 aromatic heterocycles. The van der Waals surface area contributed by atoms with Crippen LogP contribution in [0.5, 0.6) is 0 Å². The Labute approximate surface area is 147 Å². The van der Waals surface area contributed by atoms with Crippen LogP contribution in [0.15, 0.2) is 48.5 Å². The number of hydrogen-bond acceptors (Lipinski definition) is 2. The van der Waals surface area contributed by atoms with Gasteiger partial charge in [-0.1, -0.05) is 55.0 Å². The molecule has 0 saturated heterocycles. The van der Waals surface area contributed by atoms with Gasteiger partial charge in [-0.25, -0.2) is 0 Å². The second-order valence-corrected chi connectivity index (χ2v) is 8.42. The van der Waals surface area contributed by atoms with E-state index in [-0.39, 0.29) is 0 Å². The number of thioether (sulfide) groups is 2. The molecule has 0 atom stereocenters. The van der Waals surface area contributed by atoms with Gasteiger partial charge in [0.2, 0.25) is 0 Å². The van der Waals surface area contributed by atoms with Gasteiger partial charge in [0, 0.05) is 11.5 Å². The Balaban J connectivity index is 1.98. The normalized spacial score (nSPS) is 16.9. The fourth-order valence-corrected chi connectivity index (χ4v) is 5.69. The van der Waals surface area contributed by atoms with Crippen molar-refractivity contribution in [3.05, 3.63) is 59.7 Å². The van der Waals surface area contributed by atoms with E-state index in [9.17, 15) is 0 Å². The Bertz CT molecular complexity index is 698. The molecule has 0 nitrogen and oxygen atoms in total. The maximum Gasteiger partial charge on any atom is 0.0196 e. The number of hydrogen-bond donors (Lipinski definition) is 0. The lowest BCUT2D eigenvalue weighted by atomic mass is 9.93. The fraction of sp³-hybridized carbons (Fsp3) is 0.333. The minimum Gasteiger partial charge on any atom is -0.157 e. The molecule has 118 valence electrons. The van der Waals surface area contributed by atoms with Gasteiger partial charge >= 0.3 is 0 Å². The van der Waals surface area contributed by atoms with Gasteiger partial charge in [-0.3, -0.25) is 0 Å². The van der Waals surface area contributed by atoms with Gasteiger partial charge in [-0.2, -0.15) is 23.5 Å². The molecule has 0 aliphatic carbocycles. The van der Waals surface area contributed by atoms with E-state index in [0.29, 0.717) is 0 Å². The van der Waals surface area contributed by atoms with E-state index >= 15 is 0 Å². The van der Waals surface area contributed by atoms with Crippen molar-refractivity contribution >= 4 is 45.1 Å². The highest BCUT2D eigenvalue weighted by atomic mass is 32.2. The van der Waals surface area contributed by atoms with E-state index in [1.54, 1.807) is 0 Å². The molecule has 0 radical (unpaired) electrons. The third kappa shape index (κ3) is 3.12. The van der Waals surface area contributed by atoms with Crippen LogP contribution in [-0.2, 0) is 11.5 Å². The predicted molar refractivity (Wildman–Crippen MR) is 108 cm³/mol. The summed E-state index contributed by atoms with van der Waals surface area (Å²) in [6, 6.07) is 18.1. The van der Waals surface area contributed by atoms with Gasteiger partial charge in [0.25, 0.3) is 0 Å². The molecule has 1 heterocycles. The van der Waals surface area contributed by atoms with Crippen LogP contribution >= 0.6 is 23.5 Å². The molecule has 2 heteroatoms. The van der Waals surface area contributed by atoms with Crippen LogP contribution in [0, 0.1) is 0 Å². The summed E-state index contributed by atoms with van der Waals surface area (Å²) in [5.41, 5.74) is 3.07. The zero-order valence-corrected chi connectivity index (χ0v) is 15.0. The van der Waals surface area contributed by atoms with Gasteiger partial charge < -0.3 is 0 Å². The number of benzene rings is 3. The molecular weight excluding hydrogens is 316 g/mol. The summed E-state index contributed by atoms with van der Waals surface area (Å²) in [4.78, 5) is 0. The molecule has 4 rings (SSSR count). The van der Waals surface area contributed by atoms with Gasteiger partial charge in [0.1, 0.15) is 0 Å². The first-order valence-corrected chi connectivity index (χ1v) is 10.8. The third-order valence-corrected chi connectivity index (χ3v) is 6.87. The summed E-state index contributed by atoms with van der Waals surface area (Å²) in [5, 5.41) is 5.86. The Morgan fingerprint density at radius 2 is 0.913 bits per heavy atom. The molecule has 0 N–H and O–H groups in total. The van der Waals surface area contributed by atoms with Crippen molar-refractivity contribution in [2.75, 3.05) is 11.5 Å². The van der Waals surface area contributed by atoms with Crippen molar-refractivity contribution in [2.24, 2.45) is 0 Å². The van der Waals surface area contributed by atoms with Crippen LogP contribution in [0.3, 0.4) is 0 Å². The van der Waals surface area contributed by atoms with E-state index in [4.69, 9.17) is 0 Å². The molecule has 1 aliphatic rings. The van der Waals surface area contributed by atoms with E-state index in [1.807, 2.05) is 0 Å². The molecule has 3 aromatic rings. The lowest BCUT2D eigenvalue weighted by molar-refractivity contribution is 0.785. The second-order valence-electron chi connectivity index (χ2n) is 6.21. The van der Waals surface area contributed by atoms with Crippen LogP contribution in [0.1, 0.15) is 30.4 Å². The summed E-state index contributed by atoms with van der Waals surface area (Å²) in [7, 11) is 0. The van der Waals surface area contributed by atoms with Crippen LogP contribution < -0.4 is 0 Å². The lowest BCUT2D eigenvalue weighted by Gasteiger charge is -2.16. The van der Waals surface area contributed by atoms with Gasteiger partial charge in [-0.15, -0.1) is 0 Å². The second kappa shape index (κ2) is 7.19. The molecule has 0 spiro atoms. The molecule has 3 aromatic carbocycles. The Hall–Kier alpha value is -1.12. The van der Waals surface area contributed by atoms with Crippen LogP contribution in [0.2, 0.25) is 0 Å². The Morgan fingerprint density at radius 1 is 0.522 bits per heavy atom. The molecule has 1 aliphatic heterocycles. The standard InChI is InChI=1S/C21H22S2/c1-6-12-22-14-20-16-8-2-3-9-17(16)21(15-23-13-7-1)19-11-5-4-10-18(19)20/h2-5,8-11H,1,6-7,12-15H2. The highest BCUT2D eigenvalue weighted by Crippen LogP contribution is 2.37. The predicted octanol–water partition coefficient (Wildman–Crippen LogP) is 6.64. The molecule has 0 unspecified atom stereocenters. The SMILES string of the molecule is c1ccc2c3c4ccccc4c(c2c1)CSCCCCCSC3. The smallest absolute Gasteiger partial charge is 0.0196 e. The summed E-state index contributed by atoms with van der Waals surface area (Å²) >= 11 is 4.21. The molecular formula is C21H22S2. The molecule has 0 saturated carbocycles. The zero-order chi connectivity index (χ0) is 15.5. The molecule has 2 bridgehead atoms. The largest absolute Gasteiger partial charge is 0.157 e. The summed E-state index contributed by atoms with van der Waals surface area (Å²) in [6.45, 7) is 0. The maximum absolute atomic E-state index is 2.32. The topological polar surface area (TPSA) is 0 Å². The van der Waals surface area contributed by atoms with Crippen molar-refractivity contribution < 1.29 is 0 Å². The van der Waals surface area contributed by atoms with Crippen molar-refractivity contribution in [1.29, 1.82) is 0 Å². The number of rotatable bonds is 0. The van der Waals surface area contributed by atoms with Crippen LogP contribution in [-0.4, -0.2) is 11.5 Å². The first kappa shape index (κ1) is 15.4. The third-order valence-electron chi connectivity index (χ3n) is 4.72. The minimum absolute atomic E-state index is 1.13. The average Bonchev–Trinajstić information content (AvgIpc) is 2.63. The Kier molecular flexibility index (Phi) is 4.82. The van der Waals surface area contributed by atoms with Crippen LogP contribution in [0.25, 0.3) is 21.5 Å². The summed E-state index contributed by atoms with van der Waals surface area (Å²) < 4.78 is 0. The zero-order valence-electron chi connectivity index (χ0n) is 13.4. The molecule has 0 amide bonds. The highest BCUT2D eigenvalue weighted by molar-refractivity contribution is 7.98. The minimum atomic E-state index is 1.13. The quantitative estimate of drug-likeness (QED) is 0.421. The van der Waals surface area contributed by atoms with Gasteiger partial charge in [-0.05, 0) is 57.0 Å². The summed E-state index contributed by atoms with van der Waals surface area (Å²) in [5.74, 6) is 4.84. The van der Waals surface area contributed by atoms with E-state index in [1.165, 1.54) is 63.4 Å². The van der Waals surface area contributed by atoms with E-state index in [2.05, 4.69) is 72.1 Å². The monoisotopic (exact) mass is 338 g/mol. The van der Waals surface area contributed by atoms with Crippen LogP contribution in [0.4, 0.5) is 0 Å². The first-order chi connectivity index (χ1) is 11.4. The lowest BCUT2D eigenvalue weighted by Crippen LogP contribution is -1.94. The average molecular weight is 339 g/mol. The summed E-state index contributed by atoms with van der Waals surface area (Å²) in [6.07, 6.45) is 4.10. The fourth-order valence-electron chi connectivity index (χ4n) is 3.55. The van der Waals surface area contributed by atoms with E-state index in [0.717, 1.165) is 11.5 Å². The van der Waals surface area contributed by atoms with Crippen molar-refractivity contribution in [3.63, 3.8) is 0 Å².